The molecule has 2 rings (SSSR count). The van der Waals surface area contributed by atoms with Gasteiger partial charge in [0.25, 0.3) is 0 Å². The fraction of sp³-hybridized carbons (Fsp3) is 0.538. The molecule has 0 aliphatic heterocycles. The van der Waals surface area contributed by atoms with Gasteiger partial charge in [-0.15, -0.1) is 0 Å². The zero-order valence-corrected chi connectivity index (χ0v) is 18.0. The van der Waals surface area contributed by atoms with Gasteiger partial charge in [0, 0.05) is 0 Å². The van der Waals surface area contributed by atoms with Gasteiger partial charge in [0.2, 0.25) is 0 Å². The molecule has 0 aliphatic rings. The standard InChI is InChI=1S/C9H20O.2C8H10.CH4/c1-8(2)6-4-5-7-9(3)10;2*1-7-3-5-8(2)6-4-7;/h8-10H,4-7H2,1-3H3;2*3-6H,1-2H3;1H4. The Bertz CT molecular complexity index is 454. The molecule has 1 heteroatoms. The maximum absolute atomic E-state index is 8.92. The second kappa shape index (κ2) is 16.6. The first-order valence-electron chi connectivity index (χ1n) is 9.95. The van der Waals surface area contributed by atoms with Crippen molar-refractivity contribution in [3.05, 3.63) is 70.8 Å². The van der Waals surface area contributed by atoms with Crippen LogP contribution in [0.3, 0.4) is 0 Å². The molecule has 2 aromatic rings. The van der Waals surface area contributed by atoms with Crippen LogP contribution in [-0.2, 0) is 0 Å². The summed E-state index contributed by atoms with van der Waals surface area (Å²) in [4.78, 5) is 0. The van der Waals surface area contributed by atoms with Gasteiger partial charge in [-0.05, 0) is 47.0 Å². The summed E-state index contributed by atoms with van der Waals surface area (Å²) in [7, 11) is 0. The Morgan fingerprint density at radius 1 is 0.593 bits per heavy atom. The van der Waals surface area contributed by atoms with Gasteiger partial charge in [0.1, 0.15) is 0 Å². The van der Waals surface area contributed by atoms with Crippen molar-refractivity contribution in [3.63, 3.8) is 0 Å². The highest BCUT2D eigenvalue weighted by Gasteiger charge is 1.96. The molecule has 0 aromatic heterocycles. The Hall–Kier alpha value is -1.60. The SMILES string of the molecule is C.CC(C)CCCCC(C)O.Cc1ccc(C)cc1.Cc1ccc(C)cc1. The third kappa shape index (κ3) is 19.0. The van der Waals surface area contributed by atoms with Crippen LogP contribution in [-0.4, -0.2) is 11.2 Å². The predicted octanol–water partition coefficient (Wildman–Crippen LogP) is 7.83. The molecule has 0 saturated heterocycles. The highest BCUT2D eigenvalue weighted by atomic mass is 16.3. The summed E-state index contributed by atoms with van der Waals surface area (Å²) >= 11 is 0. The van der Waals surface area contributed by atoms with Crippen LogP contribution in [0.5, 0.6) is 0 Å². The second-order valence-electron chi connectivity index (χ2n) is 7.84. The molecule has 1 nitrogen and oxygen atoms in total. The first-order chi connectivity index (χ1) is 12.2. The molecular weight excluding hydrogens is 328 g/mol. The molecule has 0 aliphatic carbocycles. The molecule has 2 aromatic carbocycles. The number of aliphatic hydroxyl groups excluding tert-OH is 1. The summed E-state index contributed by atoms with van der Waals surface area (Å²) in [5.41, 5.74) is 5.32. The summed E-state index contributed by atoms with van der Waals surface area (Å²) in [5.74, 6) is 0.814. The van der Waals surface area contributed by atoms with E-state index in [9.17, 15) is 0 Å². The van der Waals surface area contributed by atoms with E-state index in [0.717, 1.165) is 12.3 Å². The summed E-state index contributed by atoms with van der Waals surface area (Å²) in [6, 6.07) is 17.0. The summed E-state index contributed by atoms with van der Waals surface area (Å²) in [6.07, 6.45) is 4.60. The Morgan fingerprint density at radius 2 is 0.852 bits per heavy atom. The average Bonchev–Trinajstić information content (AvgIpc) is 2.58. The normalized spacial score (nSPS) is 10.7. The average molecular weight is 373 g/mol. The second-order valence-corrected chi connectivity index (χ2v) is 7.84. The highest BCUT2D eigenvalue weighted by Crippen LogP contribution is 2.09. The van der Waals surface area contributed by atoms with Crippen molar-refractivity contribution in [1.29, 1.82) is 0 Å². The molecule has 0 amide bonds. The molecule has 0 spiro atoms. The fourth-order valence-electron chi connectivity index (χ4n) is 2.27. The van der Waals surface area contributed by atoms with Crippen LogP contribution in [0.25, 0.3) is 0 Å². The Morgan fingerprint density at radius 3 is 1.07 bits per heavy atom. The molecule has 154 valence electrons. The lowest BCUT2D eigenvalue weighted by atomic mass is 10.0. The third-order valence-electron chi connectivity index (χ3n) is 4.09. The lowest BCUT2D eigenvalue weighted by molar-refractivity contribution is 0.180. The van der Waals surface area contributed by atoms with Gasteiger partial charge in [0.05, 0.1) is 6.10 Å². The zero-order valence-electron chi connectivity index (χ0n) is 18.0. The maximum atomic E-state index is 8.92. The smallest absolute Gasteiger partial charge is 0.0512 e. The van der Waals surface area contributed by atoms with Crippen LogP contribution in [0, 0.1) is 33.6 Å². The van der Waals surface area contributed by atoms with Gasteiger partial charge >= 0.3 is 0 Å². The zero-order chi connectivity index (χ0) is 19.9. The molecule has 0 heterocycles. The molecule has 0 bridgehead atoms. The van der Waals surface area contributed by atoms with Crippen LogP contribution in [0.4, 0.5) is 0 Å². The fourth-order valence-corrected chi connectivity index (χ4v) is 2.27. The Labute approximate surface area is 169 Å². The number of hydrogen-bond acceptors (Lipinski definition) is 1. The van der Waals surface area contributed by atoms with Crippen LogP contribution in [0.1, 0.15) is 76.1 Å². The van der Waals surface area contributed by atoms with Crippen molar-refractivity contribution in [2.75, 3.05) is 0 Å². The molecule has 1 unspecified atom stereocenters. The van der Waals surface area contributed by atoms with Gasteiger partial charge < -0.3 is 5.11 Å². The first-order valence-corrected chi connectivity index (χ1v) is 9.95. The van der Waals surface area contributed by atoms with Crippen molar-refractivity contribution in [2.24, 2.45) is 5.92 Å². The quantitative estimate of drug-likeness (QED) is 0.530. The van der Waals surface area contributed by atoms with E-state index in [1.807, 2.05) is 6.92 Å². The monoisotopic (exact) mass is 372 g/mol. The summed E-state index contributed by atoms with van der Waals surface area (Å²) in [5, 5.41) is 8.92. The Balaban J connectivity index is 0. The number of unbranched alkanes of at least 4 members (excludes halogenated alkanes) is 1. The maximum Gasteiger partial charge on any atom is 0.0512 e. The van der Waals surface area contributed by atoms with Gasteiger partial charge in [-0.2, -0.15) is 0 Å². The number of aryl methyl sites for hydroxylation is 4. The van der Waals surface area contributed by atoms with E-state index < -0.39 is 0 Å². The first kappa shape index (κ1) is 27.6. The molecule has 0 fully saturated rings. The summed E-state index contributed by atoms with van der Waals surface area (Å²) < 4.78 is 0. The lowest BCUT2D eigenvalue weighted by Crippen LogP contribution is -1.98. The number of hydrogen-bond donors (Lipinski definition) is 1. The Kier molecular flexibility index (Phi) is 16.9. The van der Waals surface area contributed by atoms with Crippen molar-refractivity contribution in [2.45, 2.75) is 87.7 Å². The number of rotatable bonds is 5. The van der Waals surface area contributed by atoms with Crippen molar-refractivity contribution < 1.29 is 5.11 Å². The van der Waals surface area contributed by atoms with Crippen LogP contribution in [0.2, 0.25) is 0 Å². The number of aliphatic hydroxyl groups is 1. The van der Waals surface area contributed by atoms with Gasteiger partial charge in [-0.1, -0.05) is 111 Å². The van der Waals surface area contributed by atoms with Crippen molar-refractivity contribution >= 4 is 0 Å². The van der Waals surface area contributed by atoms with Gasteiger partial charge in [-0.3, -0.25) is 0 Å². The molecule has 1 N–H and O–H groups in total. The molecule has 0 saturated carbocycles. The van der Waals surface area contributed by atoms with E-state index in [1.54, 1.807) is 0 Å². The van der Waals surface area contributed by atoms with Crippen LogP contribution < -0.4 is 0 Å². The molecule has 1 atom stereocenters. The minimum atomic E-state index is -0.104. The van der Waals surface area contributed by atoms with E-state index in [-0.39, 0.29) is 13.5 Å². The van der Waals surface area contributed by atoms with Crippen LogP contribution >= 0.6 is 0 Å². The van der Waals surface area contributed by atoms with E-state index in [1.165, 1.54) is 41.5 Å². The number of benzene rings is 2. The van der Waals surface area contributed by atoms with Crippen LogP contribution in [0.15, 0.2) is 48.5 Å². The molecule has 27 heavy (non-hydrogen) atoms. The minimum absolute atomic E-state index is 0. The largest absolute Gasteiger partial charge is 0.393 e. The van der Waals surface area contributed by atoms with E-state index in [0.29, 0.717) is 0 Å². The topological polar surface area (TPSA) is 20.2 Å². The predicted molar refractivity (Wildman–Crippen MR) is 124 cm³/mol. The van der Waals surface area contributed by atoms with E-state index in [2.05, 4.69) is 90.1 Å². The third-order valence-corrected chi connectivity index (χ3v) is 4.09. The van der Waals surface area contributed by atoms with E-state index in [4.69, 9.17) is 5.11 Å². The highest BCUT2D eigenvalue weighted by molar-refractivity contribution is 5.20. The molecule has 0 radical (unpaired) electrons. The lowest BCUT2D eigenvalue weighted by Gasteiger charge is -2.05. The van der Waals surface area contributed by atoms with Crippen molar-refractivity contribution in [3.8, 4) is 0 Å². The van der Waals surface area contributed by atoms with Gasteiger partial charge in [-0.25, -0.2) is 0 Å². The minimum Gasteiger partial charge on any atom is -0.393 e. The van der Waals surface area contributed by atoms with E-state index >= 15 is 0 Å². The molecular formula is C26H44O. The van der Waals surface area contributed by atoms with Crippen molar-refractivity contribution in [1.82, 2.24) is 0 Å². The summed E-state index contributed by atoms with van der Waals surface area (Å²) in [6.45, 7) is 14.7. The van der Waals surface area contributed by atoms with Gasteiger partial charge in [0.15, 0.2) is 0 Å².